The standard InChI is InChI=1S/C12H19N3OS/c1-9-8-17-11(13-9)10(2)14-12(16)15-6-4-3-5-7-15/h8,10H,3-7H2,1-2H3,(H,14,16). The van der Waals surface area contributed by atoms with Crippen molar-refractivity contribution in [2.75, 3.05) is 13.1 Å². The number of aromatic nitrogens is 1. The van der Waals surface area contributed by atoms with Crippen LogP contribution in [0, 0.1) is 6.92 Å². The van der Waals surface area contributed by atoms with Crippen LogP contribution in [0.3, 0.4) is 0 Å². The number of piperidine rings is 1. The summed E-state index contributed by atoms with van der Waals surface area (Å²) in [4.78, 5) is 18.3. The van der Waals surface area contributed by atoms with Crippen LogP contribution < -0.4 is 5.32 Å². The van der Waals surface area contributed by atoms with E-state index in [0.717, 1.165) is 36.6 Å². The number of rotatable bonds is 2. The fraction of sp³-hybridized carbons (Fsp3) is 0.667. The number of urea groups is 1. The van der Waals surface area contributed by atoms with Gasteiger partial charge in [0.05, 0.1) is 6.04 Å². The molecule has 1 atom stereocenters. The summed E-state index contributed by atoms with van der Waals surface area (Å²) in [5.41, 5.74) is 1.02. The van der Waals surface area contributed by atoms with E-state index >= 15 is 0 Å². The lowest BCUT2D eigenvalue weighted by Gasteiger charge is -2.28. The molecule has 1 aliphatic rings. The van der Waals surface area contributed by atoms with Gasteiger partial charge in [0.15, 0.2) is 0 Å². The smallest absolute Gasteiger partial charge is 0.317 e. The molecule has 94 valence electrons. The monoisotopic (exact) mass is 253 g/mol. The molecule has 0 aromatic carbocycles. The van der Waals surface area contributed by atoms with Crippen molar-refractivity contribution in [3.05, 3.63) is 16.1 Å². The highest BCUT2D eigenvalue weighted by Gasteiger charge is 2.19. The minimum atomic E-state index is 0.00289. The maximum atomic E-state index is 12.0. The molecule has 1 saturated heterocycles. The third kappa shape index (κ3) is 3.19. The number of thiazole rings is 1. The molecule has 17 heavy (non-hydrogen) atoms. The topological polar surface area (TPSA) is 45.2 Å². The minimum Gasteiger partial charge on any atom is -0.329 e. The molecule has 1 fully saturated rings. The minimum absolute atomic E-state index is 0.00289. The molecular weight excluding hydrogens is 234 g/mol. The molecule has 0 aliphatic carbocycles. The van der Waals surface area contributed by atoms with Crippen LogP contribution in [0.25, 0.3) is 0 Å². The van der Waals surface area contributed by atoms with Gasteiger partial charge in [-0.25, -0.2) is 9.78 Å². The molecule has 1 aliphatic heterocycles. The highest BCUT2D eigenvalue weighted by molar-refractivity contribution is 7.09. The van der Waals surface area contributed by atoms with E-state index in [2.05, 4.69) is 10.3 Å². The molecule has 1 unspecified atom stereocenters. The zero-order chi connectivity index (χ0) is 12.3. The Morgan fingerprint density at radius 1 is 1.47 bits per heavy atom. The van der Waals surface area contributed by atoms with Crippen LogP contribution in [0.4, 0.5) is 4.79 Å². The fourth-order valence-corrected chi connectivity index (χ4v) is 2.81. The van der Waals surface area contributed by atoms with Crippen molar-refractivity contribution in [3.63, 3.8) is 0 Å². The summed E-state index contributed by atoms with van der Waals surface area (Å²) in [6.07, 6.45) is 3.49. The van der Waals surface area contributed by atoms with Gasteiger partial charge in [-0.3, -0.25) is 0 Å². The van der Waals surface area contributed by atoms with E-state index < -0.39 is 0 Å². The second-order valence-electron chi connectivity index (χ2n) is 4.55. The van der Waals surface area contributed by atoms with Crippen molar-refractivity contribution < 1.29 is 4.79 Å². The normalized spacial score (nSPS) is 17.9. The van der Waals surface area contributed by atoms with E-state index in [1.807, 2.05) is 24.1 Å². The summed E-state index contributed by atoms with van der Waals surface area (Å²) in [6.45, 7) is 5.73. The van der Waals surface area contributed by atoms with Crippen molar-refractivity contribution in [2.45, 2.75) is 39.2 Å². The molecule has 1 aromatic heterocycles. The second-order valence-corrected chi connectivity index (χ2v) is 5.44. The zero-order valence-corrected chi connectivity index (χ0v) is 11.2. The molecule has 0 spiro atoms. The van der Waals surface area contributed by atoms with E-state index in [9.17, 15) is 4.79 Å². The molecule has 2 heterocycles. The number of nitrogens with one attached hydrogen (secondary N) is 1. The maximum Gasteiger partial charge on any atom is 0.317 e. The molecule has 0 saturated carbocycles. The summed E-state index contributed by atoms with van der Waals surface area (Å²) >= 11 is 1.60. The Labute approximate surface area is 106 Å². The Hall–Kier alpha value is -1.10. The van der Waals surface area contributed by atoms with Crippen LogP contribution in [-0.4, -0.2) is 29.0 Å². The van der Waals surface area contributed by atoms with E-state index in [-0.39, 0.29) is 12.1 Å². The van der Waals surface area contributed by atoms with Crippen LogP contribution >= 0.6 is 11.3 Å². The zero-order valence-electron chi connectivity index (χ0n) is 10.4. The fourth-order valence-electron chi connectivity index (χ4n) is 2.01. The van der Waals surface area contributed by atoms with Gasteiger partial charge in [0.1, 0.15) is 5.01 Å². The lowest BCUT2D eigenvalue weighted by atomic mass is 10.1. The Balaban J connectivity index is 1.89. The summed E-state index contributed by atoms with van der Waals surface area (Å²) in [7, 11) is 0. The number of likely N-dealkylation sites (tertiary alicyclic amines) is 1. The summed E-state index contributed by atoms with van der Waals surface area (Å²) in [5.74, 6) is 0. The number of hydrogen-bond donors (Lipinski definition) is 1. The highest BCUT2D eigenvalue weighted by Crippen LogP contribution is 2.18. The van der Waals surface area contributed by atoms with Crippen molar-refractivity contribution >= 4 is 17.4 Å². The molecule has 0 radical (unpaired) electrons. The first-order valence-corrected chi connectivity index (χ1v) is 7.02. The van der Waals surface area contributed by atoms with Crippen LogP contribution in [0.15, 0.2) is 5.38 Å². The average Bonchev–Trinajstić information content (AvgIpc) is 2.77. The molecule has 2 rings (SSSR count). The largest absolute Gasteiger partial charge is 0.329 e. The Bertz CT molecular complexity index is 385. The quantitative estimate of drug-likeness (QED) is 0.880. The lowest BCUT2D eigenvalue weighted by Crippen LogP contribution is -2.43. The van der Waals surface area contributed by atoms with Gasteiger partial charge >= 0.3 is 6.03 Å². The van der Waals surface area contributed by atoms with Gasteiger partial charge in [0, 0.05) is 24.2 Å². The van der Waals surface area contributed by atoms with E-state index in [0.29, 0.717) is 0 Å². The highest BCUT2D eigenvalue weighted by atomic mass is 32.1. The van der Waals surface area contributed by atoms with Crippen LogP contribution in [-0.2, 0) is 0 Å². The van der Waals surface area contributed by atoms with Crippen molar-refractivity contribution in [3.8, 4) is 0 Å². The predicted molar refractivity (Wildman–Crippen MR) is 69.2 cm³/mol. The summed E-state index contributed by atoms with van der Waals surface area (Å²) in [5, 5.41) is 6.01. The Kier molecular flexibility index (Phi) is 3.99. The number of amides is 2. The van der Waals surface area contributed by atoms with Gasteiger partial charge < -0.3 is 10.2 Å². The SMILES string of the molecule is Cc1csc(C(C)NC(=O)N2CCCCC2)n1. The first-order chi connectivity index (χ1) is 8.16. The molecular formula is C12H19N3OS. The molecule has 1 N–H and O–H groups in total. The van der Waals surface area contributed by atoms with E-state index in [1.54, 1.807) is 11.3 Å². The van der Waals surface area contributed by atoms with Gasteiger partial charge in [0.2, 0.25) is 0 Å². The van der Waals surface area contributed by atoms with Gasteiger partial charge in [-0.05, 0) is 33.1 Å². The number of nitrogens with zero attached hydrogens (tertiary/aromatic N) is 2. The van der Waals surface area contributed by atoms with E-state index in [4.69, 9.17) is 0 Å². The number of carbonyl (C=O) groups is 1. The third-order valence-corrected chi connectivity index (χ3v) is 4.14. The van der Waals surface area contributed by atoms with E-state index in [1.165, 1.54) is 6.42 Å². The van der Waals surface area contributed by atoms with Gasteiger partial charge in [-0.2, -0.15) is 0 Å². The van der Waals surface area contributed by atoms with Crippen molar-refractivity contribution in [1.29, 1.82) is 0 Å². The molecule has 5 heteroatoms. The maximum absolute atomic E-state index is 12.0. The first kappa shape index (κ1) is 12.4. The summed E-state index contributed by atoms with van der Waals surface area (Å²) < 4.78 is 0. The van der Waals surface area contributed by atoms with Gasteiger partial charge in [0.25, 0.3) is 0 Å². The first-order valence-electron chi connectivity index (χ1n) is 6.14. The number of aryl methyl sites for hydroxylation is 1. The van der Waals surface area contributed by atoms with Crippen LogP contribution in [0.1, 0.15) is 42.9 Å². The Morgan fingerprint density at radius 2 is 2.18 bits per heavy atom. The number of carbonyl (C=O) groups excluding carboxylic acids is 1. The predicted octanol–water partition coefficient (Wildman–Crippen LogP) is 2.71. The van der Waals surface area contributed by atoms with Gasteiger partial charge in [-0.1, -0.05) is 0 Å². The Morgan fingerprint density at radius 3 is 2.76 bits per heavy atom. The van der Waals surface area contributed by atoms with Gasteiger partial charge in [-0.15, -0.1) is 11.3 Å². The van der Waals surface area contributed by atoms with Crippen LogP contribution in [0.2, 0.25) is 0 Å². The van der Waals surface area contributed by atoms with Crippen molar-refractivity contribution in [1.82, 2.24) is 15.2 Å². The lowest BCUT2D eigenvalue weighted by molar-refractivity contribution is 0.183. The second kappa shape index (κ2) is 5.49. The third-order valence-electron chi connectivity index (χ3n) is 2.99. The number of hydrogen-bond acceptors (Lipinski definition) is 3. The molecule has 0 bridgehead atoms. The summed E-state index contributed by atoms with van der Waals surface area (Å²) in [6, 6.07) is 0.0492. The molecule has 4 nitrogen and oxygen atoms in total. The molecule has 1 aromatic rings. The molecule has 2 amide bonds. The van der Waals surface area contributed by atoms with Crippen LogP contribution in [0.5, 0.6) is 0 Å². The average molecular weight is 253 g/mol. The van der Waals surface area contributed by atoms with Crippen molar-refractivity contribution in [2.24, 2.45) is 0 Å².